The number of hydrogen-bond acceptors (Lipinski definition) is 4. The first-order valence-corrected chi connectivity index (χ1v) is 11.1. The number of fused-ring (bicyclic) bond motifs is 1. The van der Waals surface area contributed by atoms with E-state index in [0.29, 0.717) is 29.6 Å². The lowest BCUT2D eigenvalue weighted by molar-refractivity contribution is 0.0215. The molecule has 4 rings (SSSR count). The highest BCUT2D eigenvalue weighted by atomic mass is 35.5. The third-order valence-electron chi connectivity index (χ3n) is 5.38. The van der Waals surface area contributed by atoms with E-state index in [1.165, 1.54) is 0 Å². The maximum absolute atomic E-state index is 12.8. The number of nitrogens with zero attached hydrogens (tertiary/aromatic N) is 3. The van der Waals surface area contributed by atoms with Crippen LogP contribution in [0.1, 0.15) is 44.0 Å². The Hall–Kier alpha value is -3.06. The molecule has 3 aromatic rings. The van der Waals surface area contributed by atoms with E-state index < -0.39 is 5.60 Å². The Kier molecular flexibility index (Phi) is 6.11. The van der Waals surface area contributed by atoms with Crippen molar-refractivity contribution in [3.63, 3.8) is 0 Å². The summed E-state index contributed by atoms with van der Waals surface area (Å²) in [4.78, 5) is 32.0. The molecule has 0 spiro atoms. The number of carbonyl (C=O) groups is 2. The van der Waals surface area contributed by atoms with Crippen molar-refractivity contribution in [1.82, 2.24) is 14.5 Å². The number of amides is 2. The van der Waals surface area contributed by atoms with Crippen LogP contribution in [0.5, 0.6) is 0 Å². The number of carbonyl (C=O) groups excluding carboxylic acids is 2. The van der Waals surface area contributed by atoms with Crippen LogP contribution in [0, 0.1) is 0 Å². The number of nitrogens with one attached hydrogen (secondary N) is 1. The van der Waals surface area contributed by atoms with Crippen molar-refractivity contribution in [3.8, 4) is 0 Å². The largest absolute Gasteiger partial charge is 0.444 e. The fourth-order valence-electron chi connectivity index (χ4n) is 3.93. The highest BCUT2D eigenvalue weighted by molar-refractivity contribution is 6.30. The number of hydrogen-bond donors (Lipinski definition) is 1. The summed E-state index contributed by atoms with van der Waals surface area (Å²) in [6.07, 6.45) is 1.45. The summed E-state index contributed by atoms with van der Waals surface area (Å²) < 4.78 is 7.57. The monoisotopic (exact) mass is 454 g/mol. The lowest BCUT2D eigenvalue weighted by Crippen LogP contribution is -2.41. The maximum atomic E-state index is 12.8. The van der Waals surface area contributed by atoms with Crippen molar-refractivity contribution in [2.24, 2.45) is 0 Å². The van der Waals surface area contributed by atoms with Crippen molar-refractivity contribution >= 4 is 40.6 Å². The zero-order chi connectivity index (χ0) is 22.9. The van der Waals surface area contributed by atoms with E-state index in [9.17, 15) is 9.59 Å². The molecule has 0 bridgehead atoms. The Morgan fingerprint density at radius 3 is 2.59 bits per heavy atom. The number of likely N-dealkylation sites (tertiary alicyclic amines) is 1. The van der Waals surface area contributed by atoms with Gasteiger partial charge in [-0.25, -0.2) is 9.78 Å². The summed E-state index contributed by atoms with van der Waals surface area (Å²) in [6, 6.07) is 14.4. The van der Waals surface area contributed by atoms with Crippen molar-refractivity contribution < 1.29 is 14.3 Å². The van der Waals surface area contributed by atoms with Crippen LogP contribution in [-0.4, -0.2) is 44.6 Å². The van der Waals surface area contributed by atoms with Crippen molar-refractivity contribution in [3.05, 3.63) is 59.1 Å². The van der Waals surface area contributed by atoms with Gasteiger partial charge in [0, 0.05) is 23.7 Å². The van der Waals surface area contributed by atoms with Crippen LogP contribution in [0.4, 0.5) is 10.7 Å². The minimum Gasteiger partial charge on any atom is -0.444 e. The van der Waals surface area contributed by atoms with Crippen LogP contribution in [0.3, 0.4) is 0 Å². The van der Waals surface area contributed by atoms with Gasteiger partial charge in [0.1, 0.15) is 5.60 Å². The fraction of sp³-hybridized carbons (Fsp3) is 0.375. The molecule has 1 fully saturated rings. The molecule has 1 aliphatic heterocycles. The fourth-order valence-corrected chi connectivity index (χ4v) is 4.05. The average Bonchev–Trinajstić information content (AvgIpc) is 3.33. The summed E-state index contributed by atoms with van der Waals surface area (Å²) in [7, 11) is 0. The molecule has 168 valence electrons. The normalized spacial score (nSPS) is 16.4. The molecule has 7 nitrogen and oxygen atoms in total. The maximum Gasteiger partial charge on any atom is 0.410 e. The first kappa shape index (κ1) is 22.1. The Morgan fingerprint density at radius 1 is 1.16 bits per heavy atom. The van der Waals surface area contributed by atoms with E-state index in [1.807, 2.05) is 49.6 Å². The Morgan fingerprint density at radius 2 is 1.88 bits per heavy atom. The summed E-state index contributed by atoms with van der Waals surface area (Å²) in [6.45, 7) is 6.76. The van der Waals surface area contributed by atoms with E-state index in [1.54, 1.807) is 29.2 Å². The Labute approximate surface area is 192 Å². The van der Waals surface area contributed by atoms with Crippen LogP contribution in [0.25, 0.3) is 11.0 Å². The van der Waals surface area contributed by atoms with Gasteiger partial charge in [-0.2, -0.15) is 0 Å². The minimum atomic E-state index is -0.552. The zero-order valence-corrected chi connectivity index (χ0v) is 19.2. The predicted molar refractivity (Wildman–Crippen MR) is 125 cm³/mol. The lowest BCUT2D eigenvalue weighted by atomic mass is 10.2. The van der Waals surface area contributed by atoms with Gasteiger partial charge >= 0.3 is 6.09 Å². The zero-order valence-electron chi connectivity index (χ0n) is 18.5. The summed E-state index contributed by atoms with van der Waals surface area (Å²) in [5.74, 6) is 0.177. The second kappa shape index (κ2) is 8.82. The molecule has 1 N–H and O–H groups in total. The highest BCUT2D eigenvalue weighted by Crippen LogP contribution is 2.27. The third-order valence-corrected chi connectivity index (χ3v) is 5.64. The van der Waals surface area contributed by atoms with Crippen molar-refractivity contribution in [1.29, 1.82) is 0 Å². The van der Waals surface area contributed by atoms with Gasteiger partial charge in [-0.15, -0.1) is 0 Å². The molecule has 1 aliphatic rings. The van der Waals surface area contributed by atoms with Crippen LogP contribution in [0.2, 0.25) is 5.02 Å². The number of halogens is 1. The first-order valence-electron chi connectivity index (χ1n) is 10.7. The van der Waals surface area contributed by atoms with Crippen molar-refractivity contribution in [2.75, 3.05) is 11.9 Å². The molecule has 1 unspecified atom stereocenters. The summed E-state index contributed by atoms with van der Waals surface area (Å²) in [5.41, 5.74) is 1.61. The number of rotatable bonds is 4. The molecule has 32 heavy (non-hydrogen) atoms. The lowest BCUT2D eigenvalue weighted by Gasteiger charge is -2.29. The van der Waals surface area contributed by atoms with Crippen LogP contribution in [0.15, 0.2) is 48.5 Å². The molecule has 0 saturated carbocycles. The molecule has 2 aromatic carbocycles. The van der Waals surface area contributed by atoms with Gasteiger partial charge in [-0.05, 0) is 70.0 Å². The van der Waals surface area contributed by atoms with Gasteiger partial charge in [-0.3, -0.25) is 10.1 Å². The molecule has 8 heteroatoms. The van der Waals surface area contributed by atoms with Crippen LogP contribution < -0.4 is 5.32 Å². The van der Waals surface area contributed by atoms with Crippen LogP contribution in [-0.2, 0) is 11.3 Å². The number of anilines is 1. The van der Waals surface area contributed by atoms with E-state index in [2.05, 4.69) is 10.3 Å². The molecule has 0 aliphatic carbocycles. The number of aromatic nitrogens is 2. The predicted octanol–water partition coefficient (Wildman–Crippen LogP) is 5.34. The minimum absolute atomic E-state index is 0.0476. The van der Waals surface area contributed by atoms with Gasteiger partial charge in [0.2, 0.25) is 5.95 Å². The average molecular weight is 455 g/mol. The molecule has 1 saturated heterocycles. The van der Waals surface area contributed by atoms with Gasteiger partial charge in [0.25, 0.3) is 5.91 Å². The topological polar surface area (TPSA) is 76.5 Å². The van der Waals surface area contributed by atoms with Crippen LogP contribution >= 0.6 is 11.6 Å². The van der Waals surface area contributed by atoms with Gasteiger partial charge in [-0.1, -0.05) is 23.7 Å². The number of para-hydroxylation sites is 2. The molecule has 1 atom stereocenters. The number of imidazole rings is 1. The Bertz CT molecular complexity index is 1130. The standard InChI is InChI=1S/C24H27ClN4O3/c1-24(2,3)32-23(31)28-14-6-7-18(28)15-29-20-9-5-4-8-19(20)26-22(29)27-21(30)16-10-12-17(25)13-11-16/h4-5,8-13,18H,6-7,14-15H2,1-3H3,(H,26,27,30). The molecular weight excluding hydrogens is 428 g/mol. The molecule has 2 heterocycles. The molecule has 1 aromatic heterocycles. The first-order chi connectivity index (χ1) is 15.2. The molecule has 2 amide bonds. The second-order valence-electron chi connectivity index (χ2n) is 8.97. The SMILES string of the molecule is CC(C)(C)OC(=O)N1CCCC1Cn1c(NC(=O)c2ccc(Cl)cc2)nc2ccccc21. The summed E-state index contributed by atoms with van der Waals surface area (Å²) >= 11 is 5.94. The van der Waals surface area contributed by atoms with E-state index in [4.69, 9.17) is 16.3 Å². The van der Waals surface area contributed by atoms with Gasteiger partial charge in [0.15, 0.2) is 0 Å². The second-order valence-corrected chi connectivity index (χ2v) is 9.40. The van der Waals surface area contributed by atoms with E-state index in [-0.39, 0.29) is 18.0 Å². The smallest absolute Gasteiger partial charge is 0.410 e. The highest BCUT2D eigenvalue weighted by Gasteiger charge is 2.33. The van der Waals surface area contributed by atoms with Gasteiger partial charge < -0.3 is 14.2 Å². The molecule has 0 radical (unpaired) electrons. The van der Waals surface area contributed by atoms with E-state index >= 15 is 0 Å². The van der Waals surface area contributed by atoms with Gasteiger partial charge in [0.05, 0.1) is 17.1 Å². The number of ether oxygens (including phenoxy) is 1. The summed E-state index contributed by atoms with van der Waals surface area (Å²) in [5, 5.41) is 3.49. The number of benzene rings is 2. The Balaban J connectivity index is 1.61. The van der Waals surface area contributed by atoms with E-state index in [0.717, 1.165) is 23.9 Å². The third kappa shape index (κ3) is 4.88. The quantitative estimate of drug-likeness (QED) is 0.577. The molecular formula is C24H27ClN4O3. The van der Waals surface area contributed by atoms with Crippen molar-refractivity contribution in [2.45, 2.75) is 51.8 Å².